The molecular weight excluding hydrogens is 428 g/mol. The summed E-state index contributed by atoms with van der Waals surface area (Å²) in [6, 6.07) is 9.08. The first-order chi connectivity index (χ1) is 15.4. The maximum absolute atomic E-state index is 12.8. The van der Waals surface area contributed by atoms with E-state index in [2.05, 4.69) is 25.9 Å². The molecule has 0 saturated heterocycles. The highest BCUT2D eigenvalue weighted by molar-refractivity contribution is 7.20. The van der Waals surface area contributed by atoms with E-state index in [0.717, 1.165) is 40.1 Å². The van der Waals surface area contributed by atoms with Crippen molar-refractivity contribution in [1.82, 2.24) is 30.6 Å². The van der Waals surface area contributed by atoms with Gasteiger partial charge < -0.3 is 5.11 Å². The summed E-state index contributed by atoms with van der Waals surface area (Å²) in [5.41, 5.74) is 6.85. The first kappa shape index (κ1) is 20.1. The number of nitrogens with one attached hydrogen (secondary N) is 2. The lowest BCUT2D eigenvalue weighted by Crippen LogP contribution is -2.41. The van der Waals surface area contributed by atoms with Gasteiger partial charge >= 0.3 is 0 Å². The molecule has 9 nitrogen and oxygen atoms in total. The van der Waals surface area contributed by atoms with Gasteiger partial charge in [0.1, 0.15) is 10.7 Å². The number of rotatable bonds is 4. The van der Waals surface area contributed by atoms with Crippen LogP contribution in [0, 0.1) is 13.8 Å². The van der Waals surface area contributed by atoms with Crippen molar-refractivity contribution in [3.63, 3.8) is 0 Å². The van der Waals surface area contributed by atoms with Crippen molar-refractivity contribution in [2.45, 2.75) is 32.6 Å². The lowest BCUT2D eigenvalue weighted by Gasteiger charge is -2.06. The van der Waals surface area contributed by atoms with Crippen molar-refractivity contribution in [1.29, 1.82) is 0 Å². The molecule has 1 saturated carbocycles. The van der Waals surface area contributed by atoms with Crippen molar-refractivity contribution in [2.75, 3.05) is 0 Å². The number of amides is 2. The summed E-state index contributed by atoms with van der Waals surface area (Å²) < 4.78 is 1.39. The molecular formula is C22H20N6O3S. The summed E-state index contributed by atoms with van der Waals surface area (Å²) in [6.07, 6.45) is 3.53. The first-order valence-electron chi connectivity index (χ1n) is 10.1. The number of para-hydroxylation sites is 1. The largest absolute Gasteiger partial charge is 0.504 e. The van der Waals surface area contributed by atoms with E-state index >= 15 is 0 Å². The maximum Gasteiger partial charge on any atom is 0.294 e. The summed E-state index contributed by atoms with van der Waals surface area (Å²) in [5.74, 6) is -0.233. The third kappa shape index (κ3) is 3.58. The van der Waals surface area contributed by atoms with Crippen molar-refractivity contribution in [3.05, 3.63) is 64.2 Å². The molecule has 0 aliphatic heterocycles. The van der Waals surface area contributed by atoms with Crippen LogP contribution in [0.25, 0.3) is 15.9 Å². The molecule has 2 amide bonds. The molecule has 32 heavy (non-hydrogen) atoms. The van der Waals surface area contributed by atoms with Crippen LogP contribution in [-0.2, 0) is 0 Å². The van der Waals surface area contributed by atoms with Crippen LogP contribution in [0.15, 0.2) is 36.5 Å². The topological polar surface area (TPSA) is 122 Å². The second kappa shape index (κ2) is 7.72. The number of hydrogen-bond donors (Lipinski definition) is 3. The van der Waals surface area contributed by atoms with Crippen LogP contribution in [-0.4, -0.2) is 36.7 Å². The van der Waals surface area contributed by atoms with Crippen LogP contribution in [0.3, 0.4) is 0 Å². The Morgan fingerprint density at radius 1 is 1.09 bits per heavy atom. The second-order valence-corrected chi connectivity index (χ2v) is 8.73. The molecule has 4 aromatic rings. The Morgan fingerprint density at radius 2 is 1.81 bits per heavy atom. The zero-order chi connectivity index (χ0) is 22.4. The Labute approximate surface area is 187 Å². The molecule has 10 heteroatoms. The molecule has 0 radical (unpaired) electrons. The highest BCUT2D eigenvalue weighted by atomic mass is 32.1. The number of carbonyl (C=O) groups excluding carboxylic acids is 2. The second-order valence-electron chi connectivity index (χ2n) is 7.73. The minimum absolute atomic E-state index is 0.196. The summed E-state index contributed by atoms with van der Waals surface area (Å²) >= 11 is 1.27. The number of benzene rings is 1. The summed E-state index contributed by atoms with van der Waals surface area (Å²) in [7, 11) is 0. The molecule has 1 aromatic carbocycles. The molecule has 5 rings (SSSR count). The fourth-order valence-corrected chi connectivity index (χ4v) is 4.70. The van der Waals surface area contributed by atoms with Gasteiger partial charge in [-0.15, -0.1) is 11.3 Å². The number of nitrogens with zero attached hydrogens (tertiary/aromatic N) is 4. The number of aromatic hydroxyl groups is 1. The van der Waals surface area contributed by atoms with Crippen LogP contribution < -0.4 is 10.9 Å². The highest BCUT2D eigenvalue weighted by Crippen LogP contribution is 2.40. The molecule has 162 valence electrons. The van der Waals surface area contributed by atoms with Gasteiger partial charge in [0.15, 0.2) is 11.4 Å². The van der Waals surface area contributed by atoms with Crippen molar-refractivity contribution in [2.24, 2.45) is 0 Å². The lowest BCUT2D eigenvalue weighted by molar-refractivity contribution is 0.0844. The van der Waals surface area contributed by atoms with Crippen molar-refractivity contribution < 1.29 is 14.7 Å². The quantitative estimate of drug-likeness (QED) is 0.412. The van der Waals surface area contributed by atoms with Gasteiger partial charge in [-0.3, -0.25) is 20.4 Å². The van der Waals surface area contributed by atoms with Gasteiger partial charge in [-0.25, -0.2) is 14.6 Å². The van der Waals surface area contributed by atoms with Gasteiger partial charge in [0.05, 0.1) is 22.5 Å². The fourth-order valence-electron chi connectivity index (χ4n) is 3.57. The number of hydrogen-bond acceptors (Lipinski definition) is 7. The zero-order valence-corrected chi connectivity index (χ0v) is 18.2. The fraction of sp³-hybridized carbons (Fsp3) is 0.227. The molecule has 3 N–H and O–H groups in total. The molecule has 0 atom stereocenters. The summed E-state index contributed by atoms with van der Waals surface area (Å²) in [6.45, 7) is 3.76. The molecule has 1 aliphatic carbocycles. The van der Waals surface area contributed by atoms with E-state index in [-0.39, 0.29) is 11.4 Å². The number of carbonyl (C=O) groups is 2. The smallest absolute Gasteiger partial charge is 0.294 e. The molecule has 1 aliphatic rings. The van der Waals surface area contributed by atoms with Gasteiger partial charge in [0, 0.05) is 11.3 Å². The standard InChI is InChI=1S/C22H20N6O3S/c1-11-16-12(2)23-19(13-8-9-13)24-22(16)32-18(11)21(31)26-25-20(30)17-15(29)10-28(27-17)14-6-4-3-5-7-14/h3-7,10,13,29H,8-9H2,1-2H3,(H,25,30)(H,26,31). The molecule has 3 heterocycles. The first-order valence-corrected chi connectivity index (χ1v) is 11.0. The summed E-state index contributed by atoms with van der Waals surface area (Å²) in [5, 5.41) is 15.1. The number of aryl methyl sites for hydroxylation is 2. The van der Waals surface area contributed by atoms with Crippen LogP contribution in [0.1, 0.15) is 56.0 Å². The van der Waals surface area contributed by atoms with E-state index in [4.69, 9.17) is 0 Å². The van der Waals surface area contributed by atoms with E-state index in [1.54, 1.807) is 12.1 Å². The Bertz CT molecular complexity index is 1360. The minimum Gasteiger partial charge on any atom is -0.504 e. The van der Waals surface area contributed by atoms with E-state index < -0.39 is 11.8 Å². The average molecular weight is 449 g/mol. The monoisotopic (exact) mass is 448 g/mol. The molecule has 0 unspecified atom stereocenters. The summed E-state index contributed by atoms with van der Waals surface area (Å²) in [4.78, 5) is 35.7. The van der Waals surface area contributed by atoms with Crippen LogP contribution in [0.4, 0.5) is 0 Å². The number of hydrazine groups is 1. The SMILES string of the molecule is Cc1nc(C2CC2)nc2sc(C(=O)NNC(=O)c3nn(-c4ccccc4)cc3O)c(C)c12. The Hall–Kier alpha value is -3.79. The predicted molar refractivity (Wildman–Crippen MR) is 119 cm³/mol. The molecule has 0 bridgehead atoms. The molecule has 1 fully saturated rings. The highest BCUT2D eigenvalue weighted by Gasteiger charge is 2.28. The number of aromatic nitrogens is 4. The van der Waals surface area contributed by atoms with E-state index in [1.165, 1.54) is 22.2 Å². The Balaban J connectivity index is 1.33. The van der Waals surface area contributed by atoms with Gasteiger partial charge in [0.2, 0.25) is 0 Å². The molecule has 0 spiro atoms. The lowest BCUT2D eigenvalue weighted by atomic mass is 10.1. The average Bonchev–Trinajstić information content (AvgIpc) is 3.49. The predicted octanol–water partition coefficient (Wildman–Crippen LogP) is 3.15. The van der Waals surface area contributed by atoms with Gasteiger partial charge in [-0.2, -0.15) is 5.10 Å². The van der Waals surface area contributed by atoms with E-state index in [1.807, 2.05) is 32.0 Å². The molecule has 3 aromatic heterocycles. The number of fused-ring (bicyclic) bond motifs is 1. The zero-order valence-electron chi connectivity index (χ0n) is 17.4. The number of thiophene rings is 1. The van der Waals surface area contributed by atoms with Gasteiger partial charge in [-0.1, -0.05) is 18.2 Å². The van der Waals surface area contributed by atoms with E-state index in [0.29, 0.717) is 16.5 Å². The van der Waals surface area contributed by atoms with Crippen LogP contribution >= 0.6 is 11.3 Å². The van der Waals surface area contributed by atoms with Gasteiger partial charge in [0.25, 0.3) is 11.8 Å². The van der Waals surface area contributed by atoms with Crippen LogP contribution in [0.2, 0.25) is 0 Å². The van der Waals surface area contributed by atoms with E-state index in [9.17, 15) is 14.7 Å². The Kier molecular flexibility index (Phi) is 4.86. The Morgan fingerprint density at radius 3 is 2.53 bits per heavy atom. The minimum atomic E-state index is -0.726. The normalized spacial score (nSPS) is 13.3. The third-order valence-corrected chi connectivity index (χ3v) is 6.54. The van der Waals surface area contributed by atoms with Crippen molar-refractivity contribution in [3.8, 4) is 11.4 Å². The third-order valence-electron chi connectivity index (χ3n) is 5.36. The van der Waals surface area contributed by atoms with Crippen LogP contribution in [0.5, 0.6) is 5.75 Å². The van der Waals surface area contributed by atoms with Crippen molar-refractivity contribution >= 4 is 33.4 Å². The maximum atomic E-state index is 12.8. The van der Waals surface area contributed by atoms with Gasteiger partial charge in [-0.05, 0) is 44.4 Å².